The van der Waals surface area contributed by atoms with E-state index in [1.54, 1.807) is 32.0 Å². The van der Waals surface area contributed by atoms with Gasteiger partial charge in [0.1, 0.15) is 18.3 Å². The molecule has 0 aromatic heterocycles. The molecule has 0 saturated carbocycles. The molecule has 1 atom stereocenters. The molecular formula is C23H28Cl3N3O5S. The van der Waals surface area contributed by atoms with Gasteiger partial charge in [0.05, 0.1) is 24.1 Å². The fourth-order valence-electron chi connectivity index (χ4n) is 3.49. The van der Waals surface area contributed by atoms with Crippen LogP contribution in [0.2, 0.25) is 15.1 Å². The molecule has 35 heavy (non-hydrogen) atoms. The van der Waals surface area contributed by atoms with Gasteiger partial charge >= 0.3 is 0 Å². The third-order valence-corrected chi connectivity index (χ3v) is 7.37. The van der Waals surface area contributed by atoms with Crippen molar-refractivity contribution in [3.8, 4) is 5.75 Å². The van der Waals surface area contributed by atoms with E-state index in [0.29, 0.717) is 27.9 Å². The molecule has 2 amide bonds. The van der Waals surface area contributed by atoms with Crippen LogP contribution in [-0.2, 0) is 26.2 Å². The Morgan fingerprint density at radius 1 is 1.06 bits per heavy atom. The first-order valence-electron chi connectivity index (χ1n) is 10.8. The summed E-state index contributed by atoms with van der Waals surface area (Å²) in [6.45, 7) is 3.23. The number of amides is 2. The molecule has 1 N–H and O–H groups in total. The average molecular weight is 565 g/mol. The van der Waals surface area contributed by atoms with Crippen molar-refractivity contribution in [3.05, 3.63) is 57.0 Å². The highest BCUT2D eigenvalue weighted by Gasteiger charge is 2.32. The average Bonchev–Trinajstić information content (AvgIpc) is 2.78. The number of hydrogen-bond acceptors (Lipinski definition) is 5. The number of rotatable bonds is 11. The van der Waals surface area contributed by atoms with Gasteiger partial charge in [-0.3, -0.25) is 13.9 Å². The molecule has 12 heteroatoms. The van der Waals surface area contributed by atoms with Gasteiger partial charge in [-0.2, -0.15) is 0 Å². The highest BCUT2D eigenvalue weighted by atomic mass is 35.5. The maximum absolute atomic E-state index is 13.6. The zero-order chi connectivity index (χ0) is 26.3. The van der Waals surface area contributed by atoms with E-state index in [-0.39, 0.29) is 29.6 Å². The summed E-state index contributed by atoms with van der Waals surface area (Å²) in [7, 11) is -2.47. The van der Waals surface area contributed by atoms with Crippen LogP contribution in [0.5, 0.6) is 5.75 Å². The van der Waals surface area contributed by atoms with E-state index in [1.165, 1.54) is 30.2 Å². The fraction of sp³-hybridized carbons (Fsp3) is 0.391. The first kappa shape index (κ1) is 29.0. The van der Waals surface area contributed by atoms with Crippen LogP contribution in [-0.4, -0.2) is 57.6 Å². The molecule has 2 rings (SSSR count). The normalized spacial score (nSPS) is 12.1. The van der Waals surface area contributed by atoms with Gasteiger partial charge in [-0.1, -0.05) is 47.8 Å². The summed E-state index contributed by atoms with van der Waals surface area (Å²) in [5, 5.41) is 3.54. The summed E-state index contributed by atoms with van der Waals surface area (Å²) in [6.07, 6.45) is 1.27. The third kappa shape index (κ3) is 7.39. The molecule has 0 saturated heterocycles. The van der Waals surface area contributed by atoms with E-state index in [1.807, 2.05) is 0 Å². The molecule has 0 spiro atoms. The summed E-state index contributed by atoms with van der Waals surface area (Å²) in [4.78, 5) is 27.7. The summed E-state index contributed by atoms with van der Waals surface area (Å²) >= 11 is 18.9. The lowest BCUT2D eigenvalue weighted by molar-refractivity contribution is -0.140. The number of carbonyl (C=O) groups is 2. The quantitative estimate of drug-likeness (QED) is 0.437. The van der Waals surface area contributed by atoms with Gasteiger partial charge in [-0.25, -0.2) is 8.42 Å². The smallest absolute Gasteiger partial charge is 0.244 e. The van der Waals surface area contributed by atoms with Gasteiger partial charge in [-0.15, -0.1) is 0 Å². The summed E-state index contributed by atoms with van der Waals surface area (Å²) < 4.78 is 31.4. The molecular weight excluding hydrogens is 537 g/mol. The standard InChI is InChI=1S/C23H28Cl3N3O5S/c1-5-20(23(31)27-6-2)28(13-16-17(24)8-7-9-18(16)25)22(30)14-29(35(4,32)33)15-10-11-21(34-3)19(26)12-15/h7-12,20H,5-6,13-14H2,1-4H3,(H,27,31)/t20-/m1/s1. The van der Waals surface area contributed by atoms with Crippen molar-refractivity contribution >= 4 is 62.3 Å². The molecule has 0 aliphatic carbocycles. The number of nitrogens with zero attached hydrogens (tertiary/aromatic N) is 2. The summed E-state index contributed by atoms with van der Waals surface area (Å²) in [6, 6.07) is 8.42. The third-order valence-electron chi connectivity index (χ3n) is 5.23. The lowest BCUT2D eigenvalue weighted by Crippen LogP contribution is -2.52. The van der Waals surface area contributed by atoms with Crippen molar-refractivity contribution in [1.29, 1.82) is 0 Å². The van der Waals surface area contributed by atoms with Crippen LogP contribution < -0.4 is 14.4 Å². The highest BCUT2D eigenvalue weighted by Crippen LogP contribution is 2.31. The largest absolute Gasteiger partial charge is 0.495 e. The molecule has 0 heterocycles. The molecule has 192 valence electrons. The molecule has 0 bridgehead atoms. The molecule has 0 radical (unpaired) electrons. The lowest BCUT2D eigenvalue weighted by Gasteiger charge is -2.33. The van der Waals surface area contributed by atoms with Crippen LogP contribution in [0.15, 0.2) is 36.4 Å². The molecule has 2 aromatic carbocycles. The van der Waals surface area contributed by atoms with Crippen LogP contribution >= 0.6 is 34.8 Å². The Kier molecular flexibility index (Phi) is 10.5. The number of hydrogen-bond donors (Lipinski definition) is 1. The second kappa shape index (κ2) is 12.7. The van der Waals surface area contributed by atoms with Gasteiger partial charge < -0.3 is 15.0 Å². The topological polar surface area (TPSA) is 96.0 Å². The number of halogens is 3. The maximum atomic E-state index is 13.6. The molecule has 0 unspecified atom stereocenters. The molecule has 0 aliphatic heterocycles. The number of carbonyl (C=O) groups excluding carboxylic acids is 2. The van der Waals surface area contributed by atoms with E-state index < -0.39 is 28.5 Å². The Bertz CT molecular complexity index is 1160. The van der Waals surface area contributed by atoms with E-state index in [2.05, 4.69) is 5.32 Å². The summed E-state index contributed by atoms with van der Waals surface area (Å²) in [5.74, 6) is -0.631. The highest BCUT2D eigenvalue weighted by molar-refractivity contribution is 7.92. The number of nitrogens with one attached hydrogen (secondary N) is 1. The maximum Gasteiger partial charge on any atom is 0.244 e. The van der Waals surface area contributed by atoms with Crippen molar-refractivity contribution in [2.24, 2.45) is 0 Å². The zero-order valence-electron chi connectivity index (χ0n) is 19.8. The van der Waals surface area contributed by atoms with Gasteiger partial charge in [0, 0.05) is 28.7 Å². The van der Waals surface area contributed by atoms with Gasteiger partial charge in [0.15, 0.2) is 0 Å². The van der Waals surface area contributed by atoms with Crippen LogP contribution in [0, 0.1) is 0 Å². The minimum Gasteiger partial charge on any atom is -0.495 e. The van der Waals surface area contributed by atoms with Crippen molar-refractivity contribution < 1.29 is 22.7 Å². The van der Waals surface area contributed by atoms with Crippen LogP contribution in [0.3, 0.4) is 0 Å². The van der Waals surface area contributed by atoms with Crippen LogP contribution in [0.4, 0.5) is 5.69 Å². The second-order valence-corrected chi connectivity index (χ2v) is 10.8. The Labute approximate surface area is 221 Å². The zero-order valence-corrected chi connectivity index (χ0v) is 22.9. The monoisotopic (exact) mass is 563 g/mol. The number of anilines is 1. The van der Waals surface area contributed by atoms with E-state index in [4.69, 9.17) is 39.5 Å². The summed E-state index contributed by atoms with van der Waals surface area (Å²) in [5.41, 5.74) is 0.624. The second-order valence-electron chi connectivity index (χ2n) is 7.63. The minimum atomic E-state index is -3.90. The first-order valence-corrected chi connectivity index (χ1v) is 13.7. The number of methoxy groups -OCH3 is 1. The predicted octanol–water partition coefficient (Wildman–Crippen LogP) is 4.36. The number of benzene rings is 2. The van der Waals surface area contributed by atoms with Crippen molar-refractivity contribution in [2.75, 3.05) is 30.8 Å². The first-order chi connectivity index (χ1) is 16.4. The van der Waals surface area contributed by atoms with E-state index in [0.717, 1.165) is 10.6 Å². The predicted molar refractivity (Wildman–Crippen MR) is 140 cm³/mol. The Morgan fingerprint density at radius 2 is 1.69 bits per heavy atom. The van der Waals surface area contributed by atoms with Gasteiger partial charge in [0.2, 0.25) is 21.8 Å². The van der Waals surface area contributed by atoms with E-state index >= 15 is 0 Å². The lowest BCUT2D eigenvalue weighted by atomic mass is 10.1. The Balaban J connectivity index is 2.51. The van der Waals surface area contributed by atoms with Gasteiger partial charge in [-0.05, 0) is 43.7 Å². The van der Waals surface area contributed by atoms with E-state index in [9.17, 15) is 18.0 Å². The Hall–Kier alpha value is -2.20. The fourth-order valence-corrected chi connectivity index (χ4v) is 5.10. The van der Waals surface area contributed by atoms with Crippen molar-refractivity contribution in [1.82, 2.24) is 10.2 Å². The SMILES string of the molecule is CCNC(=O)[C@@H](CC)N(Cc1c(Cl)cccc1Cl)C(=O)CN(c1ccc(OC)c(Cl)c1)S(C)(=O)=O. The number of likely N-dealkylation sites (N-methyl/N-ethyl adjacent to an activating group) is 1. The Morgan fingerprint density at radius 3 is 2.17 bits per heavy atom. The molecule has 2 aromatic rings. The van der Waals surface area contributed by atoms with Crippen LogP contribution in [0.1, 0.15) is 25.8 Å². The van der Waals surface area contributed by atoms with Crippen molar-refractivity contribution in [3.63, 3.8) is 0 Å². The molecule has 0 aliphatic rings. The van der Waals surface area contributed by atoms with Gasteiger partial charge in [0.25, 0.3) is 0 Å². The van der Waals surface area contributed by atoms with Crippen LogP contribution in [0.25, 0.3) is 0 Å². The molecule has 0 fully saturated rings. The number of ether oxygens (including phenoxy) is 1. The number of sulfonamides is 1. The molecule has 8 nitrogen and oxygen atoms in total. The minimum absolute atomic E-state index is 0.0893. The van der Waals surface area contributed by atoms with Crippen molar-refractivity contribution in [2.45, 2.75) is 32.9 Å².